The Bertz CT molecular complexity index is 641. The van der Waals surface area contributed by atoms with Crippen LogP contribution in [0.25, 0.3) is 0 Å². The number of hydrogen-bond acceptors (Lipinski definition) is 4. The van der Waals surface area contributed by atoms with E-state index in [1.165, 1.54) is 11.8 Å². The van der Waals surface area contributed by atoms with Gasteiger partial charge in [-0.15, -0.1) is 0 Å². The van der Waals surface area contributed by atoms with Crippen molar-refractivity contribution < 1.29 is 24.2 Å². The van der Waals surface area contributed by atoms with Gasteiger partial charge >= 0.3 is 5.97 Å². The molecule has 0 radical (unpaired) electrons. The Kier molecular flexibility index (Phi) is 4.58. The zero-order chi connectivity index (χ0) is 17.2. The van der Waals surface area contributed by atoms with Gasteiger partial charge in [0.1, 0.15) is 11.8 Å². The number of carboxylic acid groups (broad SMARTS) is 1. The van der Waals surface area contributed by atoms with Gasteiger partial charge in [-0.25, -0.2) is 0 Å². The monoisotopic (exact) mass is 320 g/mol. The Morgan fingerprint density at radius 2 is 2.00 bits per heavy atom. The van der Waals surface area contributed by atoms with E-state index in [9.17, 15) is 14.4 Å². The highest BCUT2D eigenvalue weighted by Gasteiger charge is 2.40. The molecule has 0 aromatic heterocycles. The van der Waals surface area contributed by atoms with Crippen LogP contribution >= 0.6 is 0 Å². The third-order valence-electron chi connectivity index (χ3n) is 3.59. The van der Waals surface area contributed by atoms with Crippen LogP contribution in [0.5, 0.6) is 5.75 Å². The Morgan fingerprint density at radius 3 is 2.65 bits per heavy atom. The molecule has 1 aliphatic rings. The van der Waals surface area contributed by atoms with Crippen molar-refractivity contribution in [3.05, 3.63) is 24.3 Å². The number of anilines is 1. The summed E-state index contributed by atoms with van der Waals surface area (Å²) in [5.74, 6) is -1.19. The van der Waals surface area contributed by atoms with Gasteiger partial charge in [0, 0.05) is 13.0 Å². The first-order chi connectivity index (χ1) is 10.7. The molecule has 1 aromatic rings. The lowest BCUT2D eigenvalue weighted by atomic mass is 10.0. The van der Waals surface area contributed by atoms with Crippen molar-refractivity contribution in [2.45, 2.75) is 38.8 Å². The van der Waals surface area contributed by atoms with Crippen LogP contribution in [0.4, 0.5) is 5.69 Å². The van der Waals surface area contributed by atoms with Crippen molar-refractivity contribution in [1.29, 1.82) is 0 Å². The van der Waals surface area contributed by atoms with Gasteiger partial charge < -0.3 is 20.1 Å². The fourth-order valence-corrected chi connectivity index (χ4v) is 2.33. The summed E-state index contributed by atoms with van der Waals surface area (Å²) in [4.78, 5) is 36.6. The lowest BCUT2D eigenvalue weighted by molar-refractivity contribution is -0.141. The van der Waals surface area contributed by atoms with Gasteiger partial charge in [0.15, 0.2) is 5.60 Å². The molecule has 7 heteroatoms. The number of nitrogens with one attached hydrogen (secondary N) is 1. The van der Waals surface area contributed by atoms with Crippen molar-refractivity contribution in [2.75, 3.05) is 11.4 Å². The van der Waals surface area contributed by atoms with Crippen LogP contribution in [-0.2, 0) is 14.4 Å². The molecule has 0 bridgehead atoms. The molecular formula is C16H20N2O5. The zero-order valence-corrected chi connectivity index (χ0v) is 13.3. The third kappa shape index (κ3) is 3.61. The Balaban J connectivity index is 2.11. The number of carboxylic acids is 1. The third-order valence-corrected chi connectivity index (χ3v) is 3.59. The molecule has 1 aliphatic heterocycles. The number of rotatable bonds is 5. The summed E-state index contributed by atoms with van der Waals surface area (Å²) < 4.78 is 5.70. The lowest BCUT2D eigenvalue weighted by Crippen LogP contribution is -2.53. The quantitative estimate of drug-likeness (QED) is 0.849. The number of para-hydroxylation sites is 2. The maximum Gasteiger partial charge on any atom is 0.325 e. The van der Waals surface area contributed by atoms with E-state index in [2.05, 4.69) is 5.32 Å². The number of amides is 2. The number of fused-ring (bicyclic) bond motifs is 1. The molecule has 1 unspecified atom stereocenters. The topological polar surface area (TPSA) is 95.9 Å². The molecule has 1 aromatic carbocycles. The molecule has 1 heterocycles. The summed E-state index contributed by atoms with van der Waals surface area (Å²) in [5, 5.41) is 11.2. The highest BCUT2D eigenvalue weighted by Crippen LogP contribution is 2.37. The minimum atomic E-state index is -1.10. The maximum atomic E-state index is 12.5. The number of aliphatic carboxylic acids is 1. The zero-order valence-electron chi connectivity index (χ0n) is 13.3. The van der Waals surface area contributed by atoms with E-state index in [0.717, 1.165) is 0 Å². The largest absolute Gasteiger partial charge is 0.480 e. The summed E-state index contributed by atoms with van der Waals surface area (Å²) in [5.41, 5.74) is -0.407. The number of hydrogen-bond donors (Lipinski definition) is 2. The molecule has 2 N–H and O–H groups in total. The van der Waals surface area contributed by atoms with Crippen LogP contribution in [-0.4, -0.2) is 41.1 Å². The maximum absolute atomic E-state index is 12.5. The Labute approximate surface area is 134 Å². The summed E-state index contributed by atoms with van der Waals surface area (Å²) in [6, 6.07) is 6.15. The minimum Gasteiger partial charge on any atom is -0.480 e. The SMILES string of the molecule is CC(NC(=O)CCN1C(=O)C(C)(C)Oc2ccccc21)C(=O)O. The predicted octanol–water partition coefficient (Wildman–Crippen LogP) is 1.17. The Hall–Kier alpha value is -2.57. The molecular weight excluding hydrogens is 300 g/mol. The molecule has 124 valence electrons. The smallest absolute Gasteiger partial charge is 0.325 e. The first-order valence-electron chi connectivity index (χ1n) is 7.34. The fraction of sp³-hybridized carbons (Fsp3) is 0.438. The molecule has 2 amide bonds. The standard InChI is InChI=1S/C16H20N2O5/c1-10(14(20)21)17-13(19)8-9-18-11-6-4-5-7-12(11)23-16(2,3)15(18)22/h4-7,10H,8-9H2,1-3H3,(H,17,19)(H,20,21). The van der Waals surface area contributed by atoms with Gasteiger partial charge in [-0.05, 0) is 32.9 Å². The van der Waals surface area contributed by atoms with Crippen molar-refractivity contribution >= 4 is 23.5 Å². The van der Waals surface area contributed by atoms with Gasteiger partial charge in [-0.3, -0.25) is 14.4 Å². The summed E-state index contributed by atoms with van der Waals surface area (Å²) in [6.45, 7) is 4.88. The molecule has 2 rings (SSSR count). The predicted molar refractivity (Wildman–Crippen MR) is 83.4 cm³/mol. The Morgan fingerprint density at radius 1 is 1.35 bits per heavy atom. The number of ether oxygens (including phenoxy) is 1. The van der Waals surface area contributed by atoms with Crippen LogP contribution in [0.2, 0.25) is 0 Å². The molecule has 0 saturated carbocycles. The molecule has 0 aliphatic carbocycles. The van der Waals surface area contributed by atoms with Gasteiger partial charge in [-0.2, -0.15) is 0 Å². The number of benzene rings is 1. The summed E-state index contributed by atoms with van der Waals surface area (Å²) in [6.07, 6.45) is 0.00771. The van der Waals surface area contributed by atoms with E-state index in [1.807, 2.05) is 6.07 Å². The first kappa shape index (κ1) is 16.8. The molecule has 0 fully saturated rings. The van der Waals surface area contributed by atoms with Crippen molar-refractivity contribution in [1.82, 2.24) is 5.32 Å². The van der Waals surface area contributed by atoms with Crippen molar-refractivity contribution in [3.63, 3.8) is 0 Å². The summed E-state index contributed by atoms with van der Waals surface area (Å²) in [7, 11) is 0. The highest BCUT2D eigenvalue weighted by atomic mass is 16.5. The van der Waals surface area contributed by atoms with Crippen LogP contribution in [0.3, 0.4) is 0 Å². The second-order valence-corrected chi connectivity index (χ2v) is 5.91. The van der Waals surface area contributed by atoms with Gasteiger partial charge in [0.25, 0.3) is 5.91 Å². The van der Waals surface area contributed by atoms with Gasteiger partial charge in [-0.1, -0.05) is 12.1 Å². The first-order valence-corrected chi connectivity index (χ1v) is 7.34. The van der Waals surface area contributed by atoms with E-state index in [1.54, 1.807) is 32.0 Å². The number of carbonyl (C=O) groups excluding carboxylic acids is 2. The molecule has 23 heavy (non-hydrogen) atoms. The lowest BCUT2D eigenvalue weighted by Gasteiger charge is -2.38. The van der Waals surface area contributed by atoms with Gasteiger partial charge in [0.05, 0.1) is 5.69 Å². The van der Waals surface area contributed by atoms with Crippen LogP contribution in [0.15, 0.2) is 24.3 Å². The van der Waals surface area contributed by atoms with E-state index in [0.29, 0.717) is 11.4 Å². The molecule has 0 spiro atoms. The fourth-order valence-electron chi connectivity index (χ4n) is 2.33. The average molecular weight is 320 g/mol. The van der Waals surface area contributed by atoms with Gasteiger partial charge in [0.2, 0.25) is 5.91 Å². The van der Waals surface area contributed by atoms with E-state index >= 15 is 0 Å². The second-order valence-electron chi connectivity index (χ2n) is 5.91. The van der Waals surface area contributed by atoms with E-state index < -0.39 is 23.5 Å². The van der Waals surface area contributed by atoms with Crippen molar-refractivity contribution in [2.24, 2.45) is 0 Å². The van der Waals surface area contributed by atoms with E-state index in [-0.39, 0.29) is 18.9 Å². The normalized spacial score (nSPS) is 17.0. The number of nitrogens with zero attached hydrogens (tertiary/aromatic N) is 1. The molecule has 7 nitrogen and oxygen atoms in total. The van der Waals surface area contributed by atoms with E-state index in [4.69, 9.17) is 9.84 Å². The average Bonchev–Trinajstić information content (AvgIpc) is 2.47. The summed E-state index contributed by atoms with van der Waals surface area (Å²) >= 11 is 0. The highest BCUT2D eigenvalue weighted by molar-refractivity contribution is 6.02. The van der Waals surface area contributed by atoms with Crippen LogP contribution in [0.1, 0.15) is 27.2 Å². The molecule has 0 saturated heterocycles. The van der Waals surface area contributed by atoms with Crippen molar-refractivity contribution in [3.8, 4) is 5.75 Å². The minimum absolute atomic E-state index is 0.00771. The number of carbonyl (C=O) groups is 3. The van der Waals surface area contributed by atoms with Crippen LogP contribution < -0.4 is 15.0 Å². The van der Waals surface area contributed by atoms with Crippen LogP contribution in [0, 0.1) is 0 Å². The second kappa shape index (κ2) is 6.28. The molecule has 1 atom stereocenters.